The standard InChI is InChI=1S/C50H32N2S/c1-4-14-35(15-5-1)51(36-16-6-2-7-17-36)38-25-26-39-43-32-50-46(41-21-11-13-23-49(41)53-50)30-34(43)29-42(44(39)31-38)33-24-27-48-45(28-33)40-20-10-12-22-47(40)52(48)37-18-8-3-9-19-37/h1-32H. The second-order valence-electron chi connectivity index (χ2n) is 13.7. The van der Waals surface area contributed by atoms with Crippen LogP contribution in [0.4, 0.5) is 17.1 Å². The van der Waals surface area contributed by atoms with Crippen LogP contribution in [0, 0.1) is 0 Å². The minimum atomic E-state index is 1.13. The fourth-order valence-corrected chi connectivity index (χ4v) is 9.47. The quantitative estimate of drug-likeness (QED) is 0.163. The van der Waals surface area contributed by atoms with E-state index in [9.17, 15) is 0 Å². The molecule has 0 fully saturated rings. The molecule has 0 saturated carbocycles. The van der Waals surface area contributed by atoms with E-state index >= 15 is 0 Å². The first-order valence-corrected chi connectivity index (χ1v) is 18.9. The molecule has 0 spiro atoms. The molecule has 11 aromatic rings. The molecule has 3 heteroatoms. The topological polar surface area (TPSA) is 8.17 Å². The number of fused-ring (bicyclic) bond motifs is 9. The van der Waals surface area contributed by atoms with Crippen LogP contribution in [0.3, 0.4) is 0 Å². The molecule has 0 aliphatic carbocycles. The lowest BCUT2D eigenvalue weighted by molar-refractivity contribution is 1.18. The molecule has 2 aromatic heterocycles. The van der Waals surface area contributed by atoms with Gasteiger partial charge in [0.15, 0.2) is 0 Å². The molecule has 248 valence electrons. The van der Waals surface area contributed by atoms with Gasteiger partial charge in [-0.1, -0.05) is 103 Å². The maximum Gasteiger partial charge on any atom is 0.0541 e. The lowest BCUT2D eigenvalue weighted by atomic mass is 9.91. The van der Waals surface area contributed by atoms with Crippen molar-refractivity contribution in [2.45, 2.75) is 0 Å². The van der Waals surface area contributed by atoms with E-state index in [0.717, 1.165) is 17.1 Å². The predicted molar refractivity (Wildman–Crippen MR) is 229 cm³/mol. The zero-order valence-electron chi connectivity index (χ0n) is 28.8. The molecule has 53 heavy (non-hydrogen) atoms. The van der Waals surface area contributed by atoms with Crippen LogP contribution in [0.2, 0.25) is 0 Å². The van der Waals surface area contributed by atoms with Crippen LogP contribution < -0.4 is 4.90 Å². The van der Waals surface area contributed by atoms with E-state index in [2.05, 4.69) is 204 Å². The van der Waals surface area contributed by atoms with Gasteiger partial charge in [-0.3, -0.25) is 0 Å². The van der Waals surface area contributed by atoms with Crippen LogP contribution >= 0.6 is 11.3 Å². The minimum absolute atomic E-state index is 1.13. The Morgan fingerprint density at radius 1 is 0.358 bits per heavy atom. The highest BCUT2D eigenvalue weighted by atomic mass is 32.1. The number of anilines is 3. The van der Waals surface area contributed by atoms with Crippen molar-refractivity contribution < 1.29 is 0 Å². The van der Waals surface area contributed by atoms with Crippen molar-refractivity contribution in [3.8, 4) is 16.8 Å². The first kappa shape index (κ1) is 30.0. The molecule has 2 heterocycles. The highest BCUT2D eigenvalue weighted by Crippen LogP contribution is 2.45. The van der Waals surface area contributed by atoms with Gasteiger partial charge in [0, 0.05) is 53.7 Å². The number of thiophene rings is 1. The molecule has 0 N–H and O–H groups in total. The number of para-hydroxylation sites is 4. The largest absolute Gasteiger partial charge is 0.310 e. The minimum Gasteiger partial charge on any atom is -0.310 e. The maximum atomic E-state index is 2.43. The van der Waals surface area contributed by atoms with E-state index in [4.69, 9.17) is 0 Å². The van der Waals surface area contributed by atoms with Gasteiger partial charge in [-0.15, -0.1) is 11.3 Å². The van der Waals surface area contributed by atoms with Crippen molar-refractivity contribution in [2.24, 2.45) is 0 Å². The Hall–Kier alpha value is -6.68. The Labute approximate surface area is 311 Å². The maximum absolute atomic E-state index is 2.43. The third-order valence-electron chi connectivity index (χ3n) is 10.7. The van der Waals surface area contributed by atoms with Gasteiger partial charge >= 0.3 is 0 Å². The summed E-state index contributed by atoms with van der Waals surface area (Å²) in [4.78, 5) is 2.36. The molecular weight excluding hydrogens is 661 g/mol. The van der Waals surface area contributed by atoms with Crippen molar-refractivity contribution in [3.05, 3.63) is 194 Å². The summed E-state index contributed by atoms with van der Waals surface area (Å²) >= 11 is 1.88. The van der Waals surface area contributed by atoms with E-state index in [1.165, 1.54) is 80.3 Å². The second kappa shape index (κ2) is 11.9. The smallest absolute Gasteiger partial charge is 0.0541 e. The first-order valence-electron chi connectivity index (χ1n) is 18.1. The van der Waals surface area contributed by atoms with Crippen molar-refractivity contribution in [1.82, 2.24) is 4.57 Å². The Bertz CT molecular complexity index is 3120. The van der Waals surface area contributed by atoms with Crippen molar-refractivity contribution >= 4 is 91.9 Å². The molecule has 0 atom stereocenters. The Morgan fingerprint density at radius 3 is 1.79 bits per heavy atom. The van der Waals surface area contributed by atoms with Crippen molar-refractivity contribution in [3.63, 3.8) is 0 Å². The highest BCUT2D eigenvalue weighted by molar-refractivity contribution is 7.25. The summed E-state index contributed by atoms with van der Waals surface area (Å²) in [6, 6.07) is 71.0. The summed E-state index contributed by atoms with van der Waals surface area (Å²) in [5, 5.41) is 10.2. The van der Waals surface area contributed by atoms with Gasteiger partial charge in [0.2, 0.25) is 0 Å². The SMILES string of the molecule is c1ccc(N(c2ccccc2)c2ccc3c(c2)c(-c2ccc4c(c2)c2ccccc2n4-c2ccccc2)cc2cc4c(cc23)sc2ccccc24)cc1. The van der Waals surface area contributed by atoms with E-state index < -0.39 is 0 Å². The molecule has 0 amide bonds. The van der Waals surface area contributed by atoms with E-state index in [0.29, 0.717) is 0 Å². The van der Waals surface area contributed by atoms with Gasteiger partial charge in [-0.25, -0.2) is 0 Å². The van der Waals surface area contributed by atoms with Crippen LogP contribution in [0.15, 0.2) is 194 Å². The Kier molecular flexibility index (Phi) is 6.76. The summed E-state index contributed by atoms with van der Waals surface area (Å²) < 4.78 is 5.04. The van der Waals surface area contributed by atoms with Gasteiger partial charge in [0.25, 0.3) is 0 Å². The molecule has 2 nitrogen and oxygen atoms in total. The third-order valence-corrected chi connectivity index (χ3v) is 11.9. The third kappa shape index (κ3) is 4.78. The first-order chi connectivity index (χ1) is 26.3. The summed E-state index contributed by atoms with van der Waals surface area (Å²) in [7, 11) is 0. The van der Waals surface area contributed by atoms with Gasteiger partial charge in [0.05, 0.1) is 11.0 Å². The number of hydrogen-bond acceptors (Lipinski definition) is 2. The number of rotatable bonds is 5. The summed E-state index contributed by atoms with van der Waals surface area (Å²) in [5.74, 6) is 0. The van der Waals surface area contributed by atoms with Crippen LogP contribution in [0.25, 0.3) is 80.3 Å². The molecule has 0 saturated heterocycles. The second-order valence-corrected chi connectivity index (χ2v) is 14.8. The van der Waals surface area contributed by atoms with Crippen LogP contribution in [0.5, 0.6) is 0 Å². The molecule has 0 radical (unpaired) electrons. The van der Waals surface area contributed by atoms with Crippen LogP contribution in [-0.4, -0.2) is 4.57 Å². The van der Waals surface area contributed by atoms with Gasteiger partial charge in [-0.05, 0) is 124 Å². The monoisotopic (exact) mass is 692 g/mol. The van der Waals surface area contributed by atoms with Crippen LogP contribution in [-0.2, 0) is 0 Å². The van der Waals surface area contributed by atoms with Crippen molar-refractivity contribution in [2.75, 3.05) is 4.90 Å². The summed E-state index contributed by atoms with van der Waals surface area (Å²) in [5.41, 5.74) is 9.40. The molecular formula is C50H32N2S. The molecule has 0 aliphatic heterocycles. The average Bonchev–Trinajstić information content (AvgIpc) is 3.76. The predicted octanol–water partition coefficient (Wildman–Crippen LogP) is 14.6. The molecule has 11 rings (SSSR count). The van der Waals surface area contributed by atoms with E-state index in [-0.39, 0.29) is 0 Å². The number of benzene rings is 9. The van der Waals surface area contributed by atoms with Crippen LogP contribution in [0.1, 0.15) is 0 Å². The van der Waals surface area contributed by atoms with E-state index in [1.807, 2.05) is 11.3 Å². The fourth-order valence-electron chi connectivity index (χ4n) is 8.34. The van der Waals surface area contributed by atoms with E-state index in [1.54, 1.807) is 0 Å². The zero-order chi connectivity index (χ0) is 34.9. The lowest BCUT2D eigenvalue weighted by Crippen LogP contribution is -2.09. The van der Waals surface area contributed by atoms with Gasteiger partial charge in [0.1, 0.15) is 0 Å². The molecule has 9 aromatic carbocycles. The molecule has 0 aliphatic rings. The van der Waals surface area contributed by atoms with Crippen molar-refractivity contribution in [1.29, 1.82) is 0 Å². The highest BCUT2D eigenvalue weighted by Gasteiger charge is 2.19. The zero-order valence-corrected chi connectivity index (χ0v) is 29.6. The summed E-state index contributed by atoms with van der Waals surface area (Å²) in [6.07, 6.45) is 0. The average molecular weight is 693 g/mol. The Balaban J connectivity index is 1.21. The van der Waals surface area contributed by atoms with Gasteiger partial charge in [-0.2, -0.15) is 0 Å². The number of aromatic nitrogens is 1. The lowest BCUT2D eigenvalue weighted by Gasteiger charge is -2.26. The number of nitrogens with zero attached hydrogens (tertiary/aromatic N) is 2. The van der Waals surface area contributed by atoms with Gasteiger partial charge < -0.3 is 9.47 Å². The number of hydrogen-bond donors (Lipinski definition) is 0. The molecule has 0 bridgehead atoms. The Morgan fingerprint density at radius 2 is 1.02 bits per heavy atom. The summed E-state index contributed by atoms with van der Waals surface area (Å²) in [6.45, 7) is 0. The fraction of sp³-hybridized carbons (Fsp3) is 0. The molecule has 0 unspecified atom stereocenters. The normalized spacial score (nSPS) is 11.8.